The Kier molecular flexibility index (Phi) is 4.17. The molecule has 0 spiro atoms. The third kappa shape index (κ3) is 3.22. The number of nitrogens with two attached hydrogens (primary N) is 1. The third-order valence-corrected chi connectivity index (χ3v) is 4.29. The van der Waals surface area contributed by atoms with Crippen LogP contribution in [0.2, 0.25) is 0 Å². The lowest BCUT2D eigenvalue weighted by atomic mass is 9.98. The molecule has 1 atom stereocenters. The maximum absolute atomic E-state index is 6.38. The van der Waals surface area contributed by atoms with E-state index >= 15 is 0 Å². The highest BCUT2D eigenvalue weighted by molar-refractivity contribution is 9.10. The van der Waals surface area contributed by atoms with Crippen molar-refractivity contribution in [1.82, 2.24) is 0 Å². The first-order valence-electron chi connectivity index (χ1n) is 7.03. The first kappa shape index (κ1) is 14.4. The molecule has 1 heterocycles. The minimum absolute atomic E-state index is 0.0861. The Bertz CT molecular complexity index is 657. The van der Waals surface area contributed by atoms with Crippen molar-refractivity contribution < 1.29 is 9.47 Å². The third-order valence-electron chi connectivity index (χ3n) is 3.60. The van der Waals surface area contributed by atoms with Crippen LogP contribution in [0.4, 0.5) is 0 Å². The lowest BCUT2D eigenvalue weighted by molar-refractivity contribution is 0.171. The zero-order valence-corrected chi connectivity index (χ0v) is 13.5. The van der Waals surface area contributed by atoms with Gasteiger partial charge in [-0.15, -0.1) is 0 Å². The largest absolute Gasteiger partial charge is 0.486 e. The quantitative estimate of drug-likeness (QED) is 0.918. The van der Waals surface area contributed by atoms with Gasteiger partial charge in [-0.1, -0.05) is 45.8 Å². The molecule has 0 fully saturated rings. The highest BCUT2D eigenvalue weighted by Gasteiger charge is 2.18. The van der Waals surface area contributed by atoms with Crippen molar-refractivity contribution >= 4 is 15.9 Å². The molecule has 2 N–H and O–H groups in total. The van der Waals surface area contributed by atoms with Gasteiger partial charge in [0.1, 0.15) is 13.2 Å². The topological polar surface area (TPSA) is 44.5 Å². The lowest BCUT2D eigenvalue weighted by Gasteiger charge is -2.22. The lowest BCUT2D eigenvalue weighted by Crippen LogP contribution is -2.18. The second-order valence-corrected chi connectivity index (χ2v) is 6.17. The van der Waals surface area contributed by atoms with Crippen LogP contribution in [0.3, 0.4) is 0 Å². The highest BCUT2D eigenvalue weighted by Crippen LogP contribution is 2.38. The molecule has 110 valence electrons. The van der Waals surface area contributed by atoms with Gasteiger partial charge in [0.2, 0.25) is 0 Å². The Balaban J connectivity index is 1.85. The number of fused-ring (bicyclic) bond motifs is 1. The summed E-state index contributed by atoms with van der Waals surface area (Å²) in [6.07, 6.45) is 0.792. The molecular formula is C17H18BrNO2. The van der Waals surface area contributed by atoms with Crippen LogP contribution < -0.4 is 15.2 Å². The second kappa shape index (κ2) is 6.08. The highest BCUT2D eigenvalue weighted by atomic mass is 79.9. The normalized spacial score (nSPS) is 14.8. The van der Waals surface area contributed by atoms with Gasteiger partial charge in [-0.3, -0.25) is 0 Å². The molecule has 0 radical (unpaired) electrons. The van der Waals surface area contributed by atoms with E-state index in [1.807, 2.05) is 12.1 Å². The van der Waals surface area contributed by atoms with Gasteiger partial charge in [0.05, 0.1) is 0 Å². The maximum atomic E-state index is 6.38. The smallest absolute Gasteiger partial charge is 0.162 e. The molecule has 0 saturated heterocycles. The number of halogens is 1. The van der Waals surface area contributed by atoms with Crippen molar-refractivity contribution in [3.05, 3.63) is 57.6 Å². The van der Waals surface area contributed by atoms with Crippen molar-refractivity contribution in [2.75, 3.05) is 13.2 Å². The van der Waals surface area contributed by atoms with E-state index in [0.717, 1.165) is 28.0 Å². The number of hydrogen-bond donors (Lipinski definition) is 1. The van der Waals surface area contributed by atoms with E-state index in [-0.39, 0.29) is 6.04 Å². The Morgan fingerprint density at radius 3 is 2.57 bits per heavy atom. The van der Waals surface area contributed by atoms with Gasteiger partial charge in [-0.25, -0.2) is 0 Å². The summed E-state index contributed by atoms with van der Waals surface area (Å²) in [6, 6.07) is 12.3. The molecule has 3 nitrogen and oxygen atoms in total. The Hall–Kier alpha value is -1.52. The SMILES string of the molecule is Cc1cccc(CC(N)c2cc3c(cc2Br)OCCO3)c1. The standard InChI is InChI=1S/C17H18BrNO2/c1-11-3-2-4-12(7-11)8-15(19)13-9-16-17(10-14(13)18)21-6-5-20-16/h2-4,7,9-10,15H,5-6,8,19H2,1H3. The van der Waals surface area contributed by atoms with Gasteiger partial charge in [0.25, 0.3) is 0 Å². The van der Waals surface area contributed by atoms with Crippen LogP contribution in [0.5, 0.6) is 11.5 Å². The Morgan fingerprint density at radius 2 is 1.86 bits per heavy atom. The molecule has 21 heavy (non-hydrogen) atoms. The summed E-state index contributed by atoms with van der Waals surface area (Å²) in [5.41, 5.74) is 9.92. The molecule has 3 rings (SSSR count). The molecule has 0 aliphatic carbocycles. The van der Waals surface area contributed by atoms with Crippen LogP contribution in [0.25, 0.3) is 0 Å². The van der Waals surface area contributed by atoms with E-state index in [0.29, 0.717) is 13.2 Å². The van der Waals surface area contributed by atoms with E-state index in [9.17, 15) is 0 Å². The van der Waals surface area contributed by atoms with Gasteiger partial charge in [-0.05, 0) is 36.6 Å². The monoisotopic (exact) mass is 347 g/mol. The molecule has 2 aromatic rings. The zero-order chi connectivity index (χ0) is 14.8. The van der Waals surface area contributed by atoms with Crippen molar-refractivity contribution in [3.8, 4) is 11.5 Å². The molecule has 0 bridgehead atoms. The van der Waals surface area contributed by atoms with Crippen molar-refractivity contribution in [2.24, 2.45) is 5.73 Å². The minimum atomic E-state index is -0.0861. The number of hydrogen-bond acceptors (Lipinski definition) is 3. The molecule has 1 unspecified atom stereocenters. The first-order valence-corrected chi connectivity index (χ1v) is 7.83. The summed E-state index contributed by atoms with van der Waals surface area (Å²) in [6.45, 7) is 3.27. The van der Waals surface area contributed by atoms with Crippen molar-refractivity contribution in [3.63, 3.8) is 0 Å². The van der Waals surface area contributed by atoms with E-state index < -0.39 is 0 Å². The fourth-order valence-corrected chi connectivity index (χ4v) is 3.18. The van der Waals surface area contributed by atoms with Gasteiger partial charge >= 0.3 is 0 Å². The zero-order valence-electron chi connectivity index (χ0n) is 11.9. The second-order valence-electron chi connectivity index (χ2n) is 5.32. The van der Waals surface area contributed by atoms with Crippen LogP contribution in [0.15, 0.2) is 40.9 Å². The Labute approximate surface area is 133 Å². The fourth-order valence-electron chi connectivity index (χ4n) is 2.57. The van der Waals surface area contributed by atoms with Gasteiger partial charge < -0.3 is 15.2 Å². The van der Waals surface area contributed by atoms with E-state index in [4.69, 9.17) is 15.2 Å². The van der Waals surface area contributed by atoms with Crippen LogP contribution in [-0.4, -0.2) is 13.2 Å². The molecule has 0 amide bonds. The fraction of sp³-hybridized carbons (Fsp3) is 0.294. The summed E-state index contributed by atoms with van der Waals surface area (Å²) in [5.74, 6) is 1.55. The summed E-state index contributed by atoms with van der Waals surface area (Å²) >= 11 is 3.59. The minimum Gasteiger partial charge on any atom is -0.486 e. The summed E-state index contributed by atoms with van der Waals surface area (Å²) < 4.78 is 12.2. The van der Waals surface area contributed by atoms with Crippen molar-refractivity contribution in [2.45, 2.75) is 19.4 Å². The molecule has 1 aliphatic heterocycles. The van der Waals surface area contributed by atoms with Gasteiger partial charge in [0.15, 0.2) is 11.5 Å². The summed E-state index contributed by atoms with van der Waals surface area (Å²) in [5, 5.41) is 0. The number of benzene rings is 2. The average molecular weight is 348 g/mol. The van der Waals surface area contributed by atoms with E-state index in [2.05, 4.69) is 47.1 Å². The van der Waals surface area contributed by atoms with Crippen LogP contribution in [0.1, 0.15) is 22.7 Å². The first-order chi connectivity index (χ1) is 10.1. The van der Waals surface area contributed by atoms with Crippen LogP contribution in [0, 0.1) is 6.92 Å². The molecule has 4 heteroatoms. The van der Waals surface area contributed by atoms with E-state index in [1.165, 1.54) is 11.1 Å². The number of ether oxygens (including phenoxy) is 2. The predicted molar refractivity (Wildman–Crippen MR) is 86.9 cm³/mol. The maximum Gasteiger partial charge on any atom is 0.162 e. The Morgan fingerprint density at radius 1 is 1.14 bits per heavy atom. The molecule has 2 aromatic carbocycles. The molecule has 0 saturated carbocycles. The van der Waals surface area contributed by atoms with Gasteiger partial charge in [0, 0.05) is 10.5 Å². The van der Waals surface area contributed by atoms with Crippen molar-refractivity contribution in [1.29, 1.82) is 0 Å². The molecule has 1 aliphatic rings. The average Bonchev–Trinajstić information content (AvgIpc) is 2.46. The van der Waals surface area contributed by atoms with Gasteiger partial charge in [-0.2, -0.15) is 0 Å². The molecular weight excluding hydrogens is 330 g/mol. The number of aryl methyl sites for hydroxylation is 1. The summed E-state index contributed by atoms with van der Waals surface area (Å²) in [4.78, 5) is 0. The van der Waals surface area contributed by atoms with Crippen LogP contribution >= 0.6 is 15.9 Å². The summed E-state index contributed by atoms with van der Waals surface area (Å²) in [7, 11) is 0. The number of rotatable bonds is 3. The van der Waals surface area contributed by atoms with Crippen LogP contribution in [-0.2, 0) is 6.42 Å². The van der Waals surface area contributed by atoms with E-state index in [1.54, 1.807) is 0 Å². The molecule has 0 aromatic heterocycles. The predicted octanol–water partition coefficient (Wildman–Crippen LogP) is 3.77.